The molecule has 0 amide bonds. The van der Waals surface area contributed by atoms with Crippen LogP contribution in [0.4, 0.5) is 0 Å². The molecule has 0 saturated carbocycles. The van der Waals surface area contributed by atoms with Crippen LogP contribution in [-0.4, -0.2) is 32.6 Å². The van der Waals surface area contributed by atoms with Crippen LogP contribution in [0, 0.1) is 0 Å². The number of ketones is 1. The second kappa shape index (κ2) is 7.18. The lowest BCUT2D eigenvalue weighted by Gasteiger charge is -2.14. The summed E-state index contributed by atoms with van der Waals surface area (Å²) in [7, 11) is 2.90. The third-order valence-electron chi connectivity index (χ3n) is 2.41. The van der Waals surface area contributed by atoms with Crippen LogP contribution in [0.15, 0.2) is 24.3 Å². The highest BCUT2D eigenvalue weighted by molar-refractivity contribution is 6.39. The van der Waals surface area contributed by atoms with Crippen molar-refractivity contribution in [2.45, 2.75) is 6.92 Å². The van der Waals surface area contributed by atoms with E-state index in [4.69, 9.17) is 9.47 Å². The van der Waals surface area contributed by atoms with Crippen molar-refractivity contribution in [2.75, 3.05) is 20.8 Å². The Morgan fingerprint density at radius 3 is 2.40 bits per heavy atom. The molecule has 0 aliphatic heterocycles. The van der Waals surface area contributed by atoms with Gasteiger partial charge in [0.1, 0.15) is 0 Å². The maximum absolute atomic E-state index is 11.9. The highest BCUT2D eigenvalue weighted by Crippen LogP contribution is 2.29. The molecule has 0 aromatic heterocycles. The number of methoxy groups -OCH3 is 2. The molecule has 6 heteroatoms. The van der Waals surface area contributed by atoms with E-state index in [1.807, 2.05) is 0 Å². The Balaban J connectivity index is 2.99. The van der Waals surface area contributed by atoms with Gasteiger partial charge in [0.25, 0.3) is 5.78 Å². The van der Waals surface area contributed by atoms with E-state index in [1.54, 1.807) is 6.92 Å². The first-order valence-electron chi connectivity index (χ1n) is 5.85. The smallest absolute Gasteiger partial charge is 0.378 e. The van der Waals surface area contributed by atoms with Crippen molar-refractivity contribution in [2.24, 2.45) is 0 Å². The van der Waals surface area contributed by atoms with E-state index in [1.165, 1.54) is 32.4 Å². The van der Waals surface area contributed by atoms with Crippen molar-refractivity contribution in [1.29, 1.82) is 0 Å². The van der Waals surface area contributed by atoms with Crippen LogP contribution in [0.25, 0.3) is 5.76 Å². The summed E-state index contributed by atoms with van der Waals surface area (Å²) < 4.78 is 14.6. The molecule has 0 unspecified atom stereocenters. The quantitative estimate of drug-likeness (QED) is 0.327. The number of esters is 1. The van der Waals surface area contributed by atoms with Gasteiger partial charge in [0, 0.05) is 0 Å². The zero-order valence-electron chi connectivity index (χ0n) is 11.5. The summed E-state index contributed by atoms with van der Waals surface area (Å²) in [4.78, 5) is 22.5. The molecule has 0 heterocycles. The van der Waals surface area contributed by atoms with Gasteiger partial charge in [-0.05, 0) is 30.7 Å². The Morgan fingerprint density at radius 1 is 1.20 bits per heavy atom. The van der Waals surface area contributed by atoms with E-state index in [9.17, 15) is 14.7 Å². The van der Waals surface area contributed by atoms with Gasteiger partial charge in [-0.25, -0.2) is 4.79 Å². The fraction of sp³-hybridized carbons (Fsp3) is 0.286. The lowest BCUT2D eigenvalue weighted by molar-refractivity contribution is -0.244. The highest BCUT2D eigenvalue weighted by atomic mass is 16.5. The number of carbonyl (C=O) groups excluding carboxylic acids is 2. The normalized spacial score (nSPS) is 10.8. The molecule has 1 aromatic rings. The van der Waals surface area contributed by atoms with E-state index in [0.717, 1.165) is 0 Å². The summed E-state index contributed by atoms with van der Waals surface area (Å²) in [5, 5.41) is 11.9. The van der Waals surface area contributed by atoms with Crippen molar-refractivity contribution in [3.8, 4) is 11.5 Å². The van der Waals surface area contributed by atoms with Gasteiger partial charge in [-0.1, -0.05) is 11.8 Å². The van der Waals surface area contributed by atoms with Crippen molar-refractivity contribution in [1.82, 2.24) is 0 Å². The third-order valence-corrected chi connectivity index (χ3v) is 2.41. The number of ether oxygens (including phenoxy) is 3. The van der Waals surface area contributed by atoms with E-state index in [0.29, 0.717) is 17.6 Å². The van der Waals surface area contributed by atoms with Gasteiger partial charge in [0.15, 0.2) is 11.5 Å². The van der Waals surface area contributed by atoms with Gasteiger partial charge < -0.3 is 19.3 Å². The molecular weight excluding hydrogens is 264 g/mol. The summed E-state index contributed by atoms with van der Waals surface area (Å²) in [5.74, 6) is -1.84. The maximum atomic E-state index is 11.9. The summed E-state index contributed by atoms with van der Waals surface area (Å²) in [5.41, 5.74) is 0.209. The van der Waals surface area contributed by atoms with Gasteiger partial charge in [-0.2, -0.15) is 0 Å². The largest absolute Gasteiger partial charge is 0.872 e. The molecule has 0 bridgehead atoms. The molecular formula is C14H15O6-. The standard InChI is InChI=1S/C14H16O6/c1-4-20-14(17)11(16)8-10(15)9-5-6-12(18-2)13(7-9)19-3/h5-8,15H,4H2,1-3H3/p-1/b10-8-. The topological polar surface area (TPSA) is 84.9 Å². The minimum atomic E-state index is -1.05. The average molecular weight is 279 g/mol. The molecule has 0 N–H and O–H groups in total. The summed E-state index contributed by atoms with van der Waals surface area (Å²) in [6, 6.07) is 4.43. The van der Waals surface area contributed by atoms with Gasteiger partial charge in [0.2, 0.25) is 0 Å². The molecule has 108 valence electrons. The fourth-order valence-corrected chi connectivity index (χ4v) is 1.45. The van der Waals surface area contributed by atoms with Gasteiger partial charge in [0.05, 0.1) is 20.8 Å². The van der Waals surface area contributed by atoms with Crippen LogP contribution in [0.3, 0.4) is 0 Å². The molecule has 0 radical (unpaired) electrons. The molecule has 0 atom stereocenters. The van der Waals surface area contributed by atoms with Gasteiger partial charge in [-0.15, -0.1) is 0 Å². The monoisotopic (exact) mass is 279 g/mol. The molecule has 0 spiro atoms. The first-order chi connectivity index (χ1) is 9.53. The number of hydrogen-bond acceptors (Lipinski definition) is 6. The highest BCUT2D eigenvalue weighted by Gasteiger charge is 2.11. The zero-order chi connectivity index (χ0) is 15.1. The Kier molecular flexibility index (Phi) is 5.58. The van der Waals surface area contributed by atoms with Crippen molar-refractivity contribution < 1.29 is 28.9 Å². The number of hydrogen-bond donors (Lipinski definition) is 0. The summed E-state index contributed by atoms with van der Waals surface area (Å²) in [6.45, 7) is 1.64. The SMILES string of the molecule is CCOC(=O)C(=O)/C=C(\[O-])c1ccc(OC)c(OC)c1. The minimum absolute atomic E-state index is 0.0724. The van der Waals surface area contributed by atoms with E-state index in [2.05, 4.69) is 4.74 Å². The first kappa shape index (κ1) is 15.6. The van der Waals surface area contributed by atoms with Crippen molar-refractivity contribution in [3.63, 3.8) is 0 Å². The van der Waals surface area contributed by atoms with Gasteiger partial charge in [-0.3, -0.25) is 4.79 Å². The van der Waals surface area contributed by atoms with Crippen LogP contribution < -0.4 is 14.6 Å². The van der Waals surface area contributed by atoms with Crippen LogP contribution in [0.1, 0.15) is 12.5 Å². The molecule has 0 fully saturated rings. The predicted octanol–water partition coefficient (Wildman–Crippen LogP) is 0.537. The van der Waals surface area contributed by atoms with Crippen LogP contribution in [-0.2, 0) is 14.3 Å². The van der Waals surface area contributed by atoms with E-state index < -0.39 is 17.5 Å². The van der Waals surface area contributed by atoms with Crippen LogP contribution >= 0.6 is 0 Å². The fourth-order valence-electron chi connectivity index (χ4n) is 1.45. The van der Waals surface area contributed by atoms with E-state index in [-0.39, 0.29) is 12.2 Å². The minimum Gasteiger partial charge on any atom is -0.872 e. The Labute approximate surface area is 116 Å². The number of benzene rings is 1. The molecule has 0 saturated heterocycles. The molecule has 0 aliphatic carbocycles. The molecule has 1 rings (SSSR count). The third kappa shape index (κ3) is 3.74. The number of carbonyl (C=O) groups is 2. The van der Waals surface area contributed by atoms with E-state index >= 15 is 0 Å². The van der Waals surface area contributed by atoms with Crippen molar-refractivity contribution >= 4 is 17.5 Å². The maximum Gasteiger partial charge on any atom is 0.378 e. The second-order valence-corrected chi connectivity index (χ2v) is 3.66. The number of rotatable bonds is 6. The zero-order valence-corrected chi connectivity index (χ0v) is 11.5. The molecule has 6 nitrogen and oxygen atoms in total. The lowest BCUT2D eigenvalue weighted by Crippen LogP contribution is -2.17. The molecule has 1 aromatic carbocycles. The van der Waals surface area contributed by atoms with Gasteiger partial charge >= 0.3 is 5.97 Å². The molecule has 20 heavy (non-hydrogen) atoms. The summed E-state index contributed by atoms with van der Waals surface area (Å²) in [6.07, 6.45) is 0.694. The van der Waals surface area contributed by atoms with Crippen LogP contribution in [0.5, 0.6) is 11.5 Å². The lowest BCUT2D eigenvalue weighted by atomic mass is 10.1. The van der Waals surface area contributed by atoms with Crippen molar-refractivity contribution in [3.05, 3.63) is 29.8 Å². The second-order valence-electron chi connectivity index (χ2n) is 3.66. The predicted molar refractivity (Wildman–Crippen MR) is 69.2 cm³/mol. The average Bonchev–Trinajstić information content (AvgIpc) is 2.46. The Morgan fingerprint density at radius 2 is 1.85 bits per heavy atom. The Bertz CT molecular complexity index is 532. The Hall–Kier alpha value is -2.50. The van der Waals surface area contributed by atoms with Crippen LogP contribution in [0.2, 0.25) is 0 Å². The first-order valence-corrected chi connectivity index (χ1v) is 5.85. The molecule has 0 aliphatic rings. The summed E-state index contributed by atoms with van der Waals surface area (Å²) >= 11 is 0.